The zero-order chi connectivity index (χ0) is 18.1. The molecule has 1 aromatic heterocycles. The van der Waals surface area contributed by atoms with Gasteiger partial charge >= 0.3 is 0 Å². The molecule has 0 bridgehead atoms. The highest BCUT2D eigenvalue weighted by Crippen LogP contribution is 2.18. The second-order valence-corrected chi connectivity index (χ2v) is 7.06. The predicted molar refractivity (Wildman–Crippen MR) is 103 cm³/mol. The second kappa shape index (κ2) is 6.93. The monoisotopic (exact) mass is 418 g/mol. The predicted octanol–water partition coefficient (Wildman–Crippen LogP) is 4.30. The highest BCUT2D eigenvalue weighted by molar-refractivity contribution is 9.10. The lowest BCUT2D eigenvalue weighted by atomic mass is 10.2. The number of aromatic amines is 1. The van der Waals surface area contributed by atoms with Crippen LogP contribution in [0, 0.1) is 4.77 Å². The fourth-order valence-corrected chi connectivity index (χ4v) is 3.11. The normalized spacial score (nSPS) is 11.0. The molecule has 0 fully saturated rings. The van der Waals surface area contributed by atoms with Gasteiger partial charge in [0.25, 0.3) is 11.5 Å². The van der Waals surface area contributed by atoms with Gasteiger partial charge in [0.1, 0.15) is 5.75 Å². The lowest BCUT2D eigenvalue weighted by Crippen LogP contribution is -2.29. The van der Waals surface area contributed by atoms with Gasteiger partial charge in [-0.2, -0.15) is 0 Å². The Balaban J connectivity index is 2.15. The smallest absolute Gasteiger partial charge is 0.269 e. The third-order valence-corrected chi connectivity index (χ3v) is 4.29. The molecule has 0 aliphatic carbocycles. The summed E-state index contributed by atoms with van der Waals surface area (Å²) in [5, 5.41) is 0.380. The Morgan fingerprint density at radius 2 is 2.00 bits per heavy atom. The van der Waals surface area contributed by atoms with Crippen molar-refractivity contribution in [2.45, 2.75) is 20.0 Å². The number of H-pyrrole nitrogens is 1. The van der Waals surface area contributed by atoms with Gasteiger partial charge in [0, 0.05) is 10.0 Å². The molecule has 0 aliphatic rings. The summed E-state index contributed by atoms with van der Waals surface area (Å²) in [6.45, 7) is 3.80. The Morgan fingerprint density at radius 1 is 1.24 bits per heavy atom. The Labute approximate surface area is 157 Å². The van der Waals surface area contributed by atoms with Crippen LogP contribution in [0.2, 0.25) is 0 Å². The molecule has 128 valence electrons. The van der Waals surface area contributed by atoms with Crippen LogP contribution in [-0.2, 0) is 0 Å². The van der Waals surface area contributed by atoms with Crippen molar-refractivity contribution in [3.05, 3.63) is 67.6 Å². The molecule has 0 atom stereocenters. The van der Waals surface area contributed by atoms with E-state index in [2.05, 4.69) is 20.9 Å². The Bertz CT molecular complexity index is 1090. The number of hydrogen-bond donors (Lipinski definition) is 1. The maximum absolute atomic E-state index is 12.9. The molecule has 3 rings (SSSR count). The maximum Gasteiger partial charge on any atom is 0.269 e. The zero-order valence-electron chi connectivity index (χ0n) is 13.6. The van der Waals surface area contributed by atoms with E-state index in [0.717, 1.165) is 9.04 Å². The molecule has 1 heterocycles. The summed E-state index contributed by atoms with van der Waals surface area (Å²) in [5.74, 6) is 0.0645. The molecule has 0 saturated carbocycles. The van der Waals surface area contributed by atoms with E-state index in [0.29, 0.717) is 22.2 Å². The van der Waals surface area contributed by atoms with Gasteiger partial charge in [-0.25, -0.2) is 4.57 Å². The lowest BCUT2D eigenvalue weighted by molar-refractivity contribution is 0.0953. The van der Waals surface area contributed by atoms with Gasteiger partial charge in [0.05, 0.1) is 17.0 Å². The van der Waals surface area contributed by atoms with E-state index in [1.807, 2.05) is 13.8 Å². The van der Waals surface area contributed by atoms with E-state index in [4.69, 9.17) is 17.0 Å². The third-order valence-electron chi connectivity index (χ3n) is 3.52. The first-order valence-corrected chi connectivity index (χ1v) is 8.83. The van der Waals surface area contributed by atoms with Crippen molar-refractivity contribution in [2.75, 3.05) is 0 Å². The molecule has 3 aromatic rings. The molecule has 0 saturated heterocycles. The van der Waals surface area contributed by atoms with Crippen LogP contribution in [-0.4, -0.2) is 21.6 Å². The van der Waals surface area contributed by atoms with Crippen molar-refractivity contribution in [3.63, 3.8) is 0 Å². The van der Waals surface area contributed by atoms with Crippen LogP contribution in [0.15, 0.2) is 51.7 Å². The van der Waals surface area contributed by atoms with Crippen LogP contribution in [0.25, 0.3) is 10.9 Å². The largest absolute Gasteiger partial charge is 0.491 e. The van der Waals surface area contributed by atoms with Gasteiger partial charge in [-0.3, -0.25) is 9.59 Å². The SMILES string of the molecule is CC(C)Oc1cccc(C(=O)n2c(=S)[nH]c3ccc(Br)cc3c2=O)c1. The summed E-state index contributed by atoms with van der Waals surface area (Å²) >= 11 is 8.56. The van der Waals surface area contributed by atoms with Crippen molar-refractivity contribution in [3.8, 4) is 5.75 Å². The number of nitrogens with one attached hydrogen (secondary N) is 1. The molecule has 0 amide bonds. The van der Waals surface area contributed by atoms with E-state index < -0.39 is 11.5 Å². The number of nitrogens with zero attached hydrogens (tertiary/aromatic N) is 1. The van der Waals surface area contributed by atoms with Crippen molar-refractivity contribution in [2.24, 2.45) is 0 Å². The maximum atomic E-state index is 12.9. The van der Waals surface area contributed by atoms with E-state index >= 15 is 0 Å². The average Bonchev–Trinajstić information content (AvgIpc) is 2.55. The molecule has 2 aromatic carbocycles. The molecule has 0 aliphatic heterocycles. The van der Waals surface area contributed by atoms with Gasteiger partial charge in [-0.05, 0) is 62.5 Å². The molecule has 7 heteroatoms. The van der Waals surface area contributed by atoms with E-state index in [9.17, 15) is 9.59 Å². The number of rotatable bonds is 3. The van der Waals surface area contributed by atoms with Gasteiger partial charge in [0.2, 0.25) is 0 Å². The van der Waals surface area contributed by atoms with Gasteiger partial charge in [0.15, 0.2) is 4.77 Å². The fourth-order valence-electron chi connectivity index (χ4n) is 2.47. The summed E-state index contributed by atoms with van der Waals surface area (Å²) in [4.78, 5) is 28.6. The van der Waals surface area contributed by atoms with Crippen LogP contribution in [0.5, 0.6) is 5.75 Å². The van der Waals surface area contributed by atoms with Crippen LogP contribution >= 0.6 is 28.1 Å². The number of carbonyl (C=O) groups is 1. The standard InChI is InChI=1S/C18H15BrN2O3S/c1-10(2)24-13-5-3-4-11(8-13)16(22)21-17(23)14-9-12(19)6-7-15(14)20-18(21)25/h3-10H,1-2H3,(H,20,25). The fraction of sp³-hybridized carbons (Fsp3) is 0.167. The average molecular weight is 419 g/mol. The highest BCUT2D eigenvalue weighted by Gasteiger charge is 2.16. The van der Waals surface area contributed by atoms with Crippen molar-refractivity contribution < 1.29 is 9.53 Å². The molecule has 1 N–H and O–H groups in total. The minimum atomic E-state index is -0.498. The number of benzene rings is 2. The van der Waals surface area contributed by atoms with Crippen LogP contribution in [0.3, 0.4) is 0 Å². The summed E-state index contributed by atoms with van der Waals surface area (Å²) in [5.41, 5.74) is 0.452. The van der Waals surface area contributed by atoms with Crippen molar-refractivity contribution in [1.82, 2.24) is 9.55 Å². The third kappa shape index (κ3) is 3.57. The molecule has 0 spiro atoms. The van der Waals surface area contributed by atoms with E-state index in [-0.39, 0.29) is 10.9 Å². The molecule has 0 unspecified atom stereocenters. The second-order valence-electron chi connectivity index (χ2n) is 5.76. The first-order valence-electron chi connectivity index (χ1n) is 7.63. The zero-order valence-corrected chi connectivity index (χ0v) is 16.0. The quantitative estimate of drug-likeness (QED) is 0.644. The topological polar surface area (TPSA) is 64.1 Å². The summed E-state index contributed by atoms with van der Waals surface area (Å²) in [7, 11) is 0. The van der Waals surface area contributed by atoms with Gasteiger partial charge in [-0.1, -0.05) is 22.0 Å². The van der Waals surface area contributed by atoms with Gasteiger partial charge in [-0.15, -0.1) is 0 Å². The van der Waals surface area contributed by atoms with Crippen LogP contribution in [0.4, 0.5) is 0 Å². The minimum absolute atomic E-state index is 0.0195. The molecule has 5 nitrogen and oxygen atoms in total. The number of carbonyl (C=O) groups excluding carboxylic acids is 1. The molecule has 0 radical (unpaired) electrons. The number of aromatic nitrogens is 2. The number of ether oxygens (including phenoxy) is 1. The number of halogens is 1. The number of fused-ring (bicyclic) bond motifs is 1. The first kappa shape index (κ1) is 17.6. The number of hydrogen-bond acceptors (Lipinski definition) is 4. The summed E-state index contributed by atoms with van der Waals surface area (Å²) < 4.78 is 7.38. The first-order chi connectivity index (χ1) is 11.9. The van der Waals surface area contributed by atoms with Crippen molar-refractivity contribution >= 4 is 45.0 Å². The Kier molecular flexibility index (Phi) is 4.87. The highest BCUT2D eigenvalue weighted by atomic mass is 79.9. The Hall–Kier alpha value is -2.25. The molecular weight excluding hydrogens is 404 g/mol. The van der Waals surface area contributed by atoms with Gasteiger partial charge < -0.3 is 9.72 Å². The lowest BCUT2D eigenvalue weighted by Gasteiger charge is -2.11. The molecule has 25 heavy (non-hydrogen) atoms. The van der Waals surface area contributed by atoms with Crippen LogP contribution < -0.4 is 10.3 Å². The summed E-state index contributed by atoms with van der Waals surface area (Å²) in [6, 6.07) is 11.9. The van der Waals surface area contributed by atoms with Crippen molar-refractivity contribution in [1.29, 1.82) is 0 Å². The summed E-state index contributed by atoms with van der Waals surface area (Å²) in [6.07, 6.45) is -0.0195. The molecular formula is C18H15BrN2O3S. The van der Waals surface area contributed by atoms with E-state index in [1.165, 1.54) is 0 Å². The minimum Gasteiger partial charge on any atom is -0.491 e. The van der Waals surface area contributed by atoms with Crippen LogP contribution in [0.1, 0.15) is 24.2 Å². The Morgan fingerprint density at radius 3 is 2.72 bits per heavy atom. The van der Waals surface area contributed by atoms with E-state index in [1.54, 1.807) is 42.5 Å².